The van der Waals surface area contributed by atoms with Crippen molar-refractivity contribution in [2.75, 3.05) is 0 Å². The molecule has 2 aromatic heterocycles. The molecule has 1 aliphatic carbocycles. The van der Waals surface area contributed by atoms with Gasteiger partial charge in [-0.3, -0.25) is 0 Å². The first-order valence-electron chi connectivity index (χ1n) is 23.3. The van der Waals surface area contributed by atoms with E-state index in [0.717, 1.165) is 11.4 Å². The zero-order valence-electron chi connectivity index (χ0n) is 36.6. The first-order chi connectivity index (χ1) is 33.2. The van der Waals surface area contributed by atoms with E-state index in [4.69, 9.17) is 0 Å². The second kappa shape index (κ2) is 14.7. The Hall–Kier alpha value is -8.72. The van der Waals surface area contributed by atoms with Gasteiger partial charge in [-0.15, -0.1) is 0 Å². The maximum Gasteiger partial charge on any atom is 0.0714 e. The maximum atomic E-state index is 2.54. The summed E-state index contributed by atoms with van der Waals surface area (Å²) < 4.78 is 4.97. The number of para-hydroxylation sites is 1. The Morgan fingerprint density at radius 1 is 0.284 bits per heavy atom. The molecule has 0 unspecified atom stereocenters. The molecular weight excluding hydrogens is 809 g/mol. The smallest absolute Gasteiger partial charge is 0.0714 e. The first kappa shape index (κ1) is 37.6. The summed E-state index contributed by atoms with van der Waals surface area (Å²) in [6.45, 7) is 0. The third-order valence-electron chi connectivity index (χ3n) is 14.6. The van der Waals surface area contributed by atoms with Crippen LogP contribution in [0.5, 0.6) is 0 Å². The predicted molar refractivity (Wildman–Crippen MR) is 281 cm³/mol. The lowest BCUT2D eigenvalue weighted by atomic mass is 9.67. The molecule has 0 spiro atoms. The molecule has 2 heterocycles. The largest absolute Gasteiger partial charge is 0.309 e. The van der Waals surface area contributed by atoms with Gasteiger partial charge in [0, 0.05) is 38.5 Å². The Morgan fingerprint density at radius 3 is 1.61 bits per heavy atom. The molecule has 0 atom stereocenters. The van der Waals surface area contributed by atoms with Crippen molar-refractivity contribution in [2.45, 2.75) is 5.41 Å². The molecule has 11 aromatic carbocycles. The van der Waals surface area contributed by atoms with Crippen molar-refractivity contribution in [2.24, 2.45) is 0 Å². The Kier molecular flexibility index (Phi) is 8.23. The highest BCUT2D eigenvalue weighted by atomic mass is 15.0. The van der Waals surface area contributed by atoms with Crippen LogP contribution in [0.3, 0.4) is 0 Å². The van der Waals surface area contributed by atoms with Gasteiger partial charge in [-0.2, -0.15) is 0 Å². The van der Waals surface area contributed by atoms with E-state index in [1.165, 1.54) is 110 Å². The van der Waals surface area contributed by atoms with Crippen molar-refractivity contribution in [3.8, 4) is 44.8 Å². The van der Waals surface area contributed by atoms with Crippen LogP contribution in [0.25, 0.3) is 99.1 Å². The van der Waals surface area contributed by atoms with Gasteiger partial charge >= 0.3 is 0 Å². The fourth-order valence-corrected chi connectivity index (χ4v) is 11.7. The summed E-state index contributed by atoms with van der Waals surface area (Å²) >= 11 is 0. The molecule has 0 saturated carbocycles. The molecule has 0 N–H and O–H groups in total. The van der Waals surface area contributed by atoms with E-state index in [1.807, 2.05) is 0 Å². The van der Waals surface area contributed by atoms with Gasteiger partial charge in [0.1, 0.15) is 0 Å². The minimum absolute atomic E-state index is 0.504. The summed E-state index contributed by atoms with van der Waals surface area (Å²) in [5.74, 6) is 0. The third-order valence-corrected chi connectivity index (χ3v) is 14.6. The number of benzene rings is 11. The van der Waals surface area contributed by atoms with Crippen molar-refractivity contribution in [1.82, 2.24) is 9.13 Å². The van der Waals surface area contributed by atoms with Gasteiger partial charge in [-0.05, 0) is 115 Å². The summed E-state index contributed by atoms with van der Waals surface area (Å²) in [7, 11) is 0. The zero-order valence-corrected chi connectivity index (χ0v) is 36.6. The van der Waals surface area contributed by atoms with E-state index < -0.39 is 5.41 Å². The minimum Gasteiger partial charge on any atom is -0.309 e. The highest BCUT2D eigenvalue weighted by Crippen LogP contribution is 2.58. The van der Waals surface area contributed by atoms with E-state index in [2.05, 4.69) is 264 Å². The average molecular weight is 851 g/mol. The highest BCUT2D eigenvalue weighted by molar-refractivity contribution is 6.17. The predicted octanol–water partition coefficient (Wildman–Crippen LogP) is 16.7. The molecule has 0 aliphatic heterocycles. The topological polar surface area (TPSA) is 9.86 Å². The highest BCUT2D eigenvalue weighted by Gasteiger charge is 2.47. The summed E-state index contributed by atoms with van der Waals surface area (Å²) in [4.78, 5) is 0. The molecule has 1 aliphatic rings. The Labute approximate surface area is 388 Å². The number of aromatic nitrogens is 2. The number of rotatable bonds is 6. The quantitative estimate of drug-likeness (QED) is 0.158. The molecule has 2 heteroatoms. The van der Waals surface area contributed by atoms with Crippen LogP contribution in [-0.2, 0) is 5.41 Å². The van der Waals surface area contributed by atoms with Gasteiger partial charge < -0.3 is 9.13 Å². The molecule has 13 aromatic rings. The maximum absolute atomic E-state index is 2.54. The molecule has 0 fully saturated rings. The number of hydrogen-bond acceptors (Lipinski definition) is 0. The monoisotopic (exact) mass is 850 g/mol. The van der Waals surface area contributed by atoms with Crippen LogP contribution in [0.1, 0.15) is 22.3 Å². The van der Waals surface area contributed by atoms with E-state index in [-0.39, 0.29) is 0 Å². The van der Waals surface area contributed by atoms with Crippen molar-refractivity contribution in [3.63, 3.8) is 0 Å². The third kappa shape index (κ3) is 5.51. The number of hydrogen-bond donors (Lipinski definition) is 0. The summed E-state index contributed by atoms with van der Waals surface area (Å²) in [5.41, 5.74) is 19.1. The molecule has 0 bridgehead atoms. The standard InChI is InChI=1S/C65H42N2/c1-4-17-43(18-5-1)46-21-16-26-51(39-46)66-60-30-15-13-27-53(60)56-41-47(32-37-61(56)66)48-33-38-62-57(42-48)54-35-36-59-63(64(54)67(62)52-34-31-44-19-10-11-20-45(44)40-52)55-28-12-14-29-58(55)65(59,49-22-6-2-7-23-49)50-24-8-3-9-25-50/h1-42H. The lowest BCUT2D eigenvalue weighted by Gasteiger charge is -2.33. The molecule has 0 amide bonds. The second-order valence-corrected chi connectivity index (χ2v) is 18.0. The summed E-state index contributed by atoms with van der Waals surface area (Å²) in [5, 5.41) is 7.42. The van der Waals surface area contributed by atoms with Crippen LogP contribution < -0.4 is 0 Å². The van der Waals surface area contributed by atoms with E-state index >= 15 is 0 Å². The molecular formula is C65H42N2. The zero-order chi connectivity index (χ0) is 44.1. The SMILES string of the molecule is c1ccc(-c2cccc(-n3c4ccccc4c4cc(-c5ccc6c(c5)c5ccc7c(c5n6-c5ccc6ccccc6c5)-c5ccccc5C7(c5ccccc5)c5ccccc5)ccc43)c2)cc1. The van der Waals surface area contributed by atoms with Gasteiger partial charge in [0.25, 0.3) is 0 Å². The molecule has 312 valence electrons. The summed E-state index contributed by atoms with van der Waals surface area (Å²) in [6.07, 6.45) is 0. The lowest BCUT2D eigenvalue weighted by molar-refractivity contribution is 0.769. The molecule has 14 rings (SSSR count). The van der Waals surface area contributed by atoms with E-state index in [9.17, 15) is 0 Å². The molecule has 0 radical (unpaired) electrons. The van der Waals surface area contributed by atoms with Crippen LogP contribution in [-0.4, -0.2) is 9.13 Å². The number of nitrogens with zero attached hydrogens (tertiary/aromatic N) is 2. The number of fused-ring (bicyclic) bond motifs is 11. The van der Waals surface area contributed by atoms with E-state index in [0.29, 0.717) is 0 Å². The van der Waals surface area contributed by atoms with Crippen LogP contribution in [0, 0.1) is 0 Å². The Bertz CT molecular complexity index is 4040. The van der Waals surface area contributed by atoms with Crippen molar-refractivity contribution in [1.29, 1.82) is 0 Å². The fourth-order valence-electron chi connectivity index (χ4n) is 11.7. The Morgan fingerprint density at radius 2 is 0.851 bits per heavy atom. The van der Waals surface area contributed by atoms with Crippen LogP contribution in [0.4, 0.5) is 0 Å². The Balaban J connectivity index is 1.02. The van der Waals surface area contributed by atoms with Crippen molar-refractivity contribution >= 4 is 54.4 Å². The normalized spacial score (nSPS) is 12.9. The van der Waals surface area contributed by atoms with Gasteiger partial charge in [0.05, 0.1) is 27.5 Å². The summed E-state index contributed by atoms with van der Waals surface area (Å²) in [6, 6.07) is 94.4. The van der Waals surface area contributed by atoms with Crippen molar-refractivity contribution in [3.05, 3.63) is 277 Å². The van der Waals surface area contributed by atoms with Crippen LogP contribution >= 0.6 is 0 Å². The van der Waals surface area contributed by atoms with Gasteiger partial charge in [0.2, 0.25) is 0 Å². The second-order valence-electron chi connectivity index (χ2n) is 18.0. The van der Waals surface area contributed by atoms with Crippen LogP contribution in [0.15, 0.2) is 255 Å². The molecule has 67 heavy (non-hydrogen) atoms. The molecule has 0 saturated heterocycles. The average Bonchev–Trinajstić information content (AvgIpc) is 4.03. The lowest BCUT2D eigenvalue weighted by Crippen LogP contribution is -2.28. The minimum atomic E-state index is -0.504. The van der Waals surface area contributed by atoms with Crippen molar-refractivity contribution < 1.29 is 0 Å². The van der Waals surface area contributed by atoms with Gasteiger partial charge in [0.15, 0.2) is 0 Å². The first-order valence-corrected chi connectivity index (χ1v) is 23.3. The molecule has 2 nitrogen and oxygen atoms in total. The van der Waals surface area contributed by atoms with Crippen LogP contribution in [0.2, 0.25) is 0 Å². The van der Waals surface area contributed by atoms with Gasteiger partial charge in [-0.1, -0.05) is 200 Å². The van der Waals surface area contributed by atoms with Gasteiger partial charge in [-0.25, -0.2) is 0 Å². The fraction of sp³-hybridized carbons (Fsp3) is 0.0154. The van der Waals surface area contributed by atoms with E-state index in [1.54, 1.807) is 0 Å².